The highest BCUT2D eigenvalue weighted by atomic mass is 19.1. The van der Waals surface area contributed by atoms with Gasteiger partial charge in [0.1, 0.15) is 12.4 Å². The standard InChI is InChI=1S/C17H19FO3/c1-17(2,3)21-11-10-20-16(19)14-8-9-15(18)13-7-5-4-6-12(13)14/h4-9H,10-11H2,1-3H3. The molecule has 0 aliphatic heterocycles. The van der Waals surface area contributed by atoms with Crippen molar-refractivity contribution in [2.45, 2.75) is 26.4 Å². The number of esters is 1. The molecular weight excluding hydrogens is 271 g/mol. The number of carbonyl (C=O) groups excluding carboxylic acids is 1. The highest BCUT2D eigenvalue weighted by Gasteiger charge is 2.14. The summed E-state index contributed by atoms with van der Waals surface area (Å²) in [6.45, 7) is 6.29. The Balaban J connectivity index is 2.08. The van der Waals surface area contributed by atoms with E-state index in [1.54, 1.807) is 24.3 Å². The predicted molar refractivity (Wildman–Crippen MR) is 79.9 cm³/mol. The van der Waals surface area contributed by atoms with Crippen molar-refractivity contribution in [3.8, 4) is 0 Å². The van der Waals surface area contributed by atoms with Crippen molar-refractivity contribution in [1.29, 1.82) is 0 Å². The lowest BCUT2D eigenvalue weighted by Gasteiger charge is -2.19. The van der Waals surface area contributed by atoms with Crippen LogP contribution in [-0.4, -0.2) is 24.8 Å². The summed E-state index contributed by atoms with van der Waals surface area (Å²) in [6, 6.07) is 9.58. The minimum Gasteiger partial charge on any atom is -0.460 e. The second-order valence-corrected chi connectivity index (χ2v) is 5.74. The zero-order valence-corrected chi connectivity index (χ0v) is 12.5. The van der Waals surface area contributed by atoms with Gasteiger partial charge >= 0.3 is 5.97 Å². The van der Waals surface area contributed by atoms with Crippen molar-refractivity contribution >= 4 is 16.7 Å². The molecule has 0 radical (unpaired) electrons. The fraction of sp³-hybridized carbons (Fsp3) is 0.353. The Hall–Kier alpha value is -1.94. The largest absolute Gasteiger partial charge is 0.460 e. The molecule has 0 saturated carbocycles. The van der Waals surface area contributed by atoms with Gasteiger partial charge in [-0.25, -0.2) is 9.18 Å². The van der Waals surface area contributed by atoms with Gasteiger partial charge in [-0.2, -0.15) is 0 Å². The van der Waals surface area contributed by atoms with E-state index < -0.39 is 5.97 Å². The van der Waals surface area contributed by atoms with Gasteiger partial charge in [0.05, 0.1) is 17.8 Å². The van der Waals surface area contributed by atoms with Crippen LogP contribution in [0.4, 0.5) is 4.39 Å². The van der Waals surface area contributed by atoms with Crippen molar-refractivity contribution in [3.05, 3.63) is 47.8 Å². The number of carbonyl (C=O) groups is 1. The van der Waals surface area contributed by atoms with Crippen molar-refractivity contribution < 1.29 is 18.7 Å². The lowest BCUT2D eigenvalue weighted by Crippen LogP contribution is -2.22. The smallest absolute Gasteiger partial charge is 0.338 e. The van der Waals surface area contributed by atoms with Crippen molar-refractivity contribution in [3.63, 3.8) is 0 Å². The first kappa shape index (κ1) is 15.4. The Labute approximate surface area is 123 Å². The molecule has 0 amide bonds. The van der Waals surface area contributed by atoms with Gasteiger partial charge in [-0.15, -0.1) is 0 Å². The lowest BCUT2D eigenvalue weighted by molar-refractivity contribution is -0.0281. The predicted octanol–water partition coefficient (Wildman–Crippen LogP) is 3.95. The van der Waals surface area contributed by atoms with Gasteiger partial charge < -0.3 is 9.47 Å². The van der Waals surface area contributed by atoms with Crippen molar-refractivity contribution in [2.24, 2.45) is 0 Å². The second kappa shape index (κ2) is 6.22. The molecular formula is C17H19FO3. The van der Waals surface area contributed by atoms with Crippen LogP contribution < -0.4 is 0 Å². The Morgan fingerprint density at radius 3 is 2.38 bits per heavy atom. The van der Waals surface area contributed by atoms with Gasteiger partial charge in [0.25, 0.3) is 0 Å². The topological polar surface area (TPSA) is 35.5 Å². The molecule has 0 heterocycles. The first-order valence-corrected chi connectivity index (χ1v) is 6.87. The minimum atomic E-state index is -0.469. The van der Waals surface area contributed by atoms with Gasteiger partial charge in [0.15, 0.2) is 0 Å². The van der Waals surface area contributed by atoms with Gasteiger partial charge in [-0.1, -0.05) is 24.3 Å². The summed E-state index contributed by atoms with van der Waals surface area (Å²) in [5.41, 5.74) is 0.0948. The molecule has 0 aliphatic rings. The number of hydrogen-bond acceptors (Lipinski definition) is 3. The maximum atomic E-state index is 13.7. The molecule has 0 unspecified atom stereocenters. The molecule has 0 spiro atoms. The average Bonchev–Trinajstić information content (AvgIpc) is 2.43. The number of ether oxygens (including phenoxy) is 2. The minimum absolute atomic E-state index is 0.168. The summed E-state index contributed by atoms with van der Waals surface area (Å²) in [6.07, 6.45) is 0. The molecule has 0 saturated heterocycles. The first-order valence-electron chi connectivity index (χ1n) is 6.87. The zero-order valence-electron chi connectivity index (χ0n) is 12.5. The van der Waals surface area contributed by atoms with Crippen LogP contribution in [0.1, 0.15) is 31.1 Å². The van der Waals surface area contributed by atoms with Gasteiger partial charge in [0.2, 0.25) is 0 Å². The Morgan fingerprint density at radius 2 is 1.71 bits per heavy atom. The quantitative estimate of drug-likeness (QED) is 0.632. The van der Waals surface area contributed by atoms with E-state index in [1.165, 1.54) is 12.1 Å². The molecule has 0 fully saturated rings. The Morgan fingerprint density at radius 1 is 1.05 bits per heavy atom. The van der Waals surface area contributed by atoms with E-state index in [0.29, 0.717) is 22.9 Å². The molecule has 21 heavy (non-hydrogen) atoms. The molecule has 0 bridgehead atoms. The monoisotopic (exact) mass is 290 g/mol. The molecule has 0 aliphatic carbocycles. The zero-order chi connectivity index (χ0) is 15.5. The SMILES string of the molecule is CC(C)(C)OCCOC(=O)c1ccc(F)c2ccccc12. The van der Waals surface area contributed by atoms with Gasteiger partial charge in [0, 0.05) is 5.39 Å². The van der Waals surface area contributed by atoms with Crippen LogP contribution in [0.5, 0.6) is 0 Å². The first-order chi connectivity index (χ1) is 9.88. The maximum absolute atomic E-state index is 13.7. The number of fused-ring (bicyclic) bond motifs is 1. The van der Waals surface area contributed by atoms with Crippen LogP contribution in [0.3, 0.4) is 0 Å². The highest BCUT2D eigenvalue weighted by Crippen LogP contribution is 2.22. The van der Waals surface area contributed by atoms with E-state index in [1.807, 2.05) is 20.8 Å². The van der Waals surface area contributed by atoms with Gasteiger partial charge in [-0.05, 0) is 38.3 Å². The van der Waals surface area contributed by atoms with Crippen LogP contribution in [0.15, 0.2) is 36.4 Å². The molecule has 2 rings (SSSR count). The van der Waals surface area contributed by atoms with Crippen LogP contribution in [0.25, 0.3) is 10.8 Å². The maximum Gasteiger partial charge on any atom is 0.338 e. The normalized spacial score (nSPS) is 11.6. The lowest BCUT2D eigenvalue weighted by atomic mass is 10.0. The fourth-order valence-electron chi connectivity index (χ4n) is 2.00. The molecule has 112 valence electrons. The summed E-state index contributed by atoms with van der Waals surface area (Å²) < 4.78 is 24.4. The summed E-state index contributed by atoms with van der Waals surface area (Å²) in [4.78, 5) is 12.1. The van der Waals surface area contributed by atoms with Crippen molar-refractivity contribution in [2.75, 3.05) is 13.2 Å². The fourth-order valence-corrected chi connectivity index (χ4v) is 2.00. The Bertz CT molecular complexity index is 644. The number of hydrogen-bond donors (Lipinski definition) is 0. The van der Waals surface area contributed by atoms with Crippen LogP contribution in [0.2, 0.25) is 0 Å². The van der Waals surface area contributed by atoms with Crippen LogP contribution in [0, 0.1) is 5.82 Å². The van der Waals surface area contributed by atoms with Crippen LogP contribution >= 0.6 is 0 Å². The van der Waals surface area contributed by atoms with E-state index in [0.717, 1.165) is 0 Å². The molecule has 0 aromatic heterocycles. The van der Waals surface area contributed by atoms with E-state index in [2.05, 4.69) is 0 Å². The second-order valence-electron chi connectivity index (χ2n) is 5.74. The molecule has 0 atom stereocenters. The molecule has 2 aromatic carbocycles. The van der Waals surface area contributed by atoms with Crippen LogP contribution in [-0.2, 0) is 9.47 Å². The summed E-state index contributed by atoms with van der Waals surface area (Å²) >= 11 is 0. The summed E-state index contributed by atoms with van der Waals surface area (Å²) in [7, 11) is 0. The van der Waals surface area contributed by atoms with E-state index in [9.17, 15) is 9.18 Å². The van der Waals surface area contributed by atoms with E-state index in [-0.39, 0.29) is 18.0 Å². The number of halogens is 1. The van der Waals surface area contributed by atoms with Gasteiger partial charge in [-0.3, -0.25) is 0 Å². The average molecular weight is 290 g/mol. The van der Waals surface area contributed by atoms with E-state index in [4.69, 9.17) is 9.47 Å². The summed E-state index contributed by atoms with van der Waals surface area (Å²) in [5.74, 6) is -0.818. The van der Waals surface area contributed by atoms with E-state index >= 15 is 0 Å². The molecule has 3 nitrogen and oxygen atoms in total. The third kappa shape index (κ3) is 4.02. The molecule has 2 aromatic rings. The Kier molecular flexibility index (Phi) is 4.58. The molecule has 0 N–H and O–H groups in total. The summed E-state index contributed by atoms with van der Waals surface area (Å²) in [5, 5.41) is 0.970. The third-order valence-corrected chi connectivity index (χ3v) is 2.94. The van der Waals surface area contributed by atoms with Crippen molar-refractivity contribution in [1.82, 2.24) is 0 Å². The highest BCUT2D eigenvalue weighted by molar-refractivity contribution is 6.04. The molecule has 4 heteroatoms. The number of benzene rings is 2. The number of rotatable bonds is 4. The third-order valence-electron chi connectivity index (χ3n) is 2.94.